The second kappa shape index (κ2) is 10.3. The van der Waals surface area contributed by atoms with Crippen LogP contribution in [0.4, 0.5) is 0 Å². The van der Waals surface area contributed by atoms with E-state index in [-0.39, 0.29) is 0 Å². The van der Waals surface area contributed by atoms with Crippen LogP contribution in [0.2, 0.25) is 5.02 Å². The van der Waals surface area contributed by atoms with Gasteiger partial charge in [-0.3, -0.25) is 0 Å². The number of rotatable bonds is 10. The number of hydrogen-bond acceptors (Lipinski definition) is 1. The molecule has 0 heterocycles. The van der Waals surface area contributed by atoms with Crippen molar-refractivity contribution in [2.45, 2.75) is 64.8 Å². The van der Waals surface area contributed by atoms with Crippen molar-refractivity contribution < 1.29 is 0 Å². The van der Waals surface area contributed by atoms with Crippen LogP contribution in [0.5, 0.6) is 0 Å². The largest absolute Gasteiger partial charge is 0.310 e. The summed E-state index contributed by atoms with van der Waals surface area (Å²) in [5.41, 5.74) is 1.33. The Hall–Kier alpha value is -0.530. The lowest BCUT2D eigenvalue weighted by molar-refractivity contribution is 0.468. The van der Waals surface area contributed by atoms with Crippen LogP contribution < -0.4 is 5.32 Å². The average molecular weight is 282 g/mol. The van der Waals surface area contributed by atoms with Gasteiger partial charge in [-0.05, 0) is 37.1 Å². The fourth-order valence-corrected chi connectivity index (χ4v) is 2.58. The molecule has 0 bridgehead atoms. The van der Waals surface area contributed by atoms with E-state index in [1.807, 2.05) is 6.07 Å². The van der Waals surface area contributed by atoms with Crippen LogP contribution in [-0.2, 0) is 0 Å². The SMILES string of the molecule is CCCCCCCC(NCCC)c1cccc(Cl)c1. The highest BCUT2D eigenvalue weighted by Gasteiger charge is 2.10. The molecular weight excluding hydrogens is 254 g/mol. The minimum absolute atomic E-state index is 0.459. The van der Waals surface area contributed by atoms with Gasteiger partial charge >= 0.3 is 0 Å². The molecule has 108 valence electrons. The highest BCUT2D eigenvalue weighted by atomic mass is 35.5. The highest BCUT2D eigenvalue weighted by Crippen LogP contribution is 2.23. The molecule has 1 aromatic carbocycles. The summed E-state index contributed by atoms with van der Waals surface area (Å²) in [4.78, 5) is 0. The number of unbranched alkanes of at least 4 members (excludes halogenated alkanes) is 4. The van der Waals surface area contributed by atoms with Gasteiger partial charge in [-0.15, -0.1) is 0 Å². The Morgan fingerprint density at radius 1 is 1.05 bits per heavy atom. The van der Waals surface area contributed by atoms with Gasteiger partial charge in [-0.25, -0.2) is 0 Å². The van der Waals surface area contributed by atoms with Crippen LogP contribution in [0.25, 0.3) is 0 Å². The summed E-state index contributed by atoms with van der Waals surface area (Å²) in [6, 6.07) is 8.74. The first-order valence-corrected chi connectivity index (χ1v) is 8.14. The first kappa shape index (κ1) is 16.5. The number of benzene rings is 1. The van der Waals surface area contributed by atoms with Gasteiger partial charge in [0.2, 0.25) is 0 Å². The second-order valence-corrected chi connectivity index (χ2v) is 5.70. The minimum Gasteiger partial charge on any atom is -0.310 e. The van der Waals surface area contributed by atoms with E-state index in [2.05, 4.69) is 37.4 Å². The lowest BCUT2D eigenvalue weighted by Crippen LogP contribution is -2.22. The van der Waals surface area contributed by atoms with E-state index in [0.717, 1.165) is 11.6 Å². The van der Waals surface area contributed by atoms with Crippen molar-refractivity contribution in [1.29, 1.82) is 0 Å². The lowest BCUT2D eigenvalue weighted by atomic mass is 9.99. The van der Waals surface area contributed by atoms with Crippen LogP contribution in [0.1, 0.15) is 70.4 Å². The summed E-state index contributed by atoms with van der Waals surface area (Å²) >= 11 is 6.10. The molecule has 0 amide bonds. The zero-order chi connectivity index (χ0) is 13.9. The van der Waals surface area contributed by atoms with Crippen LogP contribution in [-0.4, -0.2) is 6.54 Å². The van der Waals surface area contributed by atoms with E-state index in [0.29, 0.717) is 6.04 Å². The maximum absolute atomic E-state index is 6.10. The maximum atomic E-state index is 6.10. The fraction of sp³-hybridized carbons (Fsp3) is 0.647. The molecule has 1 atom stereocenters. The molecule has 1 unspecified atom stereocenters. The third-order valence-corrected chi connectivity index (χ3v) is 3.72. The van der Waals surface area contributed by atoms with Crippen molar-refractivity contribution in [3.05, 3.63) is 34.9 Å². The molecule has 1 N–H and O–H groups in total. The van der Waals surface area contributed by atoms with Gasteiger partial charge in [0.05, 0.1) is 0 Å². The molecule has 0 aliphatic rings. The van der Waals surface area contributed by atoms with E-state index in [4.69, 9.17) is 11.6 Å². The number of halogens is 1. The average Bonchev–Trinajstić information content (AvgIpc) is 2.42. The van der Waals surface area contributed by atoms with Crippen molar-refractivity contribution in [3.8, 4) is 0 Å². The molecule has 0 radical (unpaired) electrons. The molecule has 19 heavy (non-hydrogen) atoms. The third kappa shape index (κ3) is 6.98. The highest BCUT2D eigenvalue weighted by molar-refractivity contribution is 6.30. The van der Waals surface area contributed by atoms with Crippen LogP contribution in [0.3, 0.4) is 0 Å². The van der Waals surface area contributed by atoms with Crippen molar-refractivity contribution in [3.63, 3.8) is 0 Å². The van der Waals surface area contributed by atoms with Gasteiger partial charge in [-0.1, -0.05) is 69.7 Å². The molecule has 1 aromatic rings. The Kier molecular flexibility index (Phi) is 8.94. The zero-order valence-corrected chi connectivity index (χ0v) is 13.2. The summed E-state index contributed by atoms with van der Waals surface area (Å²) in [5.74, 6) is 0. The van der Waals surface area contributed by atoms with Crippen LogP contribution in [0.15, 0.2) is 24.3 Å². The Labute approximate surface area is 123 Å². The Balaban J connectivity index is 2.47. The smallest absolute Gasteiger partial charge is 0.0409 e. The predicted octanol–water partition coefficient (Wildman–Crippen LogP) is 5.74. The molecule has 1 nitrogen and oxygen atoms in total. The van der Waals surface area contributed by atoms with Crippen LogP contribution >= 0.6 is 11.6 Å². The van der Waals surface area contributed by atoms with Gasteiger partial charge < -0.3 is 5.32 Å². The molecule has 0 aliphatic carbocycles. The first-order valence-electron chi connectivity index (χ1n) is 7.76. The number of nitrogens with one attached hydrogen (secondary N) is 1. The summed E-state index contributed by atoms with van der Waals surface area (Å²) in [7, 11) is 0. The van der Waals surface area contributed by atoms with E-state index < -0.39 is 0 Å². The Morgan fingerprint density at radius 2 is 1.84 bits per heavy atom. The predicted molar refractivity (Wildman–Crippen MR) is 85.9 cm³/mol. The molecule has 2 heteroatoms. The summed E-state index contributed by atoms with van der Waals surface area (Å²) in [6.45, 7) is 5.55. The van der Waals surface area contributed by atoms with E-state index in [9.17, 15) is 0 Å². The third-order valence-electron chi connectivity index (χ3n) is 3.49. The molecule has 0 saturated carbocycles. The monoisotopic (exact) mass is 281 g/mol. The van der Waals surface area contributed by atoms with Gasteiger partial charge in [-0.2, -0.15) is 0 Å². The fourth-order valence-electron chi connectivity index (χ4n) is 2.38. The second-order valence-electron chi connectivity index (χ2n) is 5.26. The summed E-state index contributed by atoms with van der Waals surface area (Å²) in [5, 5.41) is 4.48. The summed E-state index contributed by atoms with van der Waals surface area (Å²) in [6.07, 6.45) is 9.08. The van der Waals surface area contributed by atoms with Crippen molar-refractivity contribution in [1.82, 2.24) is 5.32 Å². The van der Waals surface area contributed by atoms with E-state index in [1.54, 1.807) is 0 Å². The topological polar surface area (TPSA) is 12.0 Å². The van der Waals surface area contributed by atoms with Crippen molar-refractivity contribution in [2.75, 3.05) is 6.54 Å². The van der Waals surface area contributed by atoms with Gasteiger partial charge in [0.1, 0.15) is 0 Å². The Bertz CT molecular complexity index is 338. The quantitative estimate of drug-likeness (QED) is 0.539. The van der Waals surface area contributed by atoms with E-state index in [1.165, 1.54) is 50.5 Å². The van der Waals surface area contributed by atoms with Gasteiger partial charge in [0.15, 0.2) is 0 Å². The molecule has 0 spiro atoms. The van der Waals surface area contributed by atoms with Crippen molar-refractivity contribution in [2.24, 2.45) is 0 Å². The summed E-state index contributed by atoms with van der Waals surface area (Å²) < 4.78 is 0. The maximum Gasteiger partial charge on any atom is 0.0409 e. The first-order chi connectivity index (χ1) is 9.27. The normalized spacial score (nSPS) is 12.6. The molecule has 1 rings (SSSR count). The number of hydrogen-bond donors (Lipinski definition) is 1. The van der Waals surface area contributed by atoms with E-state index >= 15 is 0 Å². The molecule has 0 aromatic heterocycles. The zero-order valence-electron chi connectivity index (χ0n) is 12.4. The standard InChI is InChI=1S/C17H28ClN/c1-3-5-6-7-8-12-17(19-13-4-2)15-10-9-11-16(18)14-15/h9-11,14,17,19H,3-8,12-13H2,1-2H3. The van der Waals surface area contributed by atoms with Crippen molar-refractivity contribution >= 4 is 11.6 Å². The lowest BCUT2D eigenvalue weighted by Gasteiger charge is -2.19. The van der Waals surface area contributed by atoms with Crippen LogP contribution in [0, 0.1) is 0 Å². The molecule has 0 aliphatic heterocycles. The van der Waals surface area contributed by atoms with Gasteiger partial charge in [0.25, 0.3) is 0 Å². The van der Waals surface area contributed by atoms with Gasteiger partial charge in [0, 0.05) is 11.1 Å². The molecule has 0 saturated heterocycles. The Morgan fingerprint density at radius 3 is 2.53 bits per heavy atom. The minimum atomic E-state index is 0.459. The molecule has 0 fully saturated rings. The molecular formula is C17H28ClN.